The maximum absolute atomic E-state index is 10.7. The molecule has 1 heterocycles. The average molecular weight is 245 g/mol. The minimum absolute atomic E-state index is 0.0544. The van der Waals surface area contributed by atoms with E-state index in [9.17, 15) is 4.79 Å². The monoisotopic (exact) mass is 244 g/mol. The molecule has 2 rings (SSSR count). The molecule has 2 bridgehead atoms. The summed E-state index contributed by atoms with van der Waals surface area (Å²) in [5.74, 6) is 0.570. The molecule has 0 aromatic heterocycles. The zero-order chi connectivity index (χ0) is 9.47. The first kappa shape index (κ1) is 9.41. The molecule has 0 N–H and O–H groups in total. The van der Waals surface area contributed by atoms with Gasteiger partial charge in [0.25, 0.3) is 0 Å². The minimum atomic E-state index is -0.0775. The molecule has 3 atom stereocenters. The highest BCUT2D eigenvalue weighted by Crippen LogP contribution is 2.44. The van der Waals surface area contributed by atoms with E-state index >= 15 is 0 Å². The number of carbonyl (C=O) groups excluding carboxylic acids is 1. The normalized spacial score (nSPS) is 43.1. The van der Waals surface area contributed by atoms with Gasteiger partial charge in [0.1, 0.15) is 6.29 Å². The van der Waals surface area contributed by atoms with Gasteiger partial charge in [-0.3, -0.25) is 4.79 Å². The van der Waals surface area contributed by atoms with Crippen LogP contribution in [-0.2, 0) is 9.53 Å². The van der Waals surface area contributed by atoms with E-state index in [-0.39, 0.29) is 11.7 Å². The van der Waals surface area contributed by atoms with Gasteiger partial charge in [-0.25, -0.2) is 0 Å². The number of halogens is 1. The summed E-state index contributed by atoms with van der Waals surface area (Å²) < 4.78 is 5.88. The van der Waals surface area contributed by atoms with Crippen LogP contribution in [0.4, 0.5) is 0 Å². The molecule has 1 saturated heterocycles. The van der Waals surface area contributed by atoms with Crippen LogP contribution in [0.1, 0.15) is 19.8 Å². The number of allylic oxidation sites excluding steroid dienone is 1. The van der Waals surface area contributed by atoms with Gasteiger partial charge < -0.3 is 4.74 Å². The van der Waals surface area contributed by atoms with E-state index in [0.29, 0.717) is 5.92 Å². The Bertz CT molecular complexity index is 262. The number of hydrogen-bond donors (Lipinski definition) is 0. The molecular weight excluding hydrogens is 232 g/mol. The lowest BCUT2D eigenvalue weighted by atomic mass is 9.82. The third-order valence-electron chi connectivity index (χ3n) is 3.18. The molecule has 0 saturated carbocycles. The van der Waals surface area contributed by atoms with Crippen LogP contribution in [-0.4, -0.2) is 23.3 Å². The van der Waals surface area contributed by atoms with Crippen LogP contribution in [0.5, 0.6) is 0 Å². The van der Waals surface area contributed by atoms with Crippen LogP contribution < -0.4 is 0 Å². The molecule has 3 heteroatoms. The van der Waals surface area contributed by atoms with Gasteiger partial charge in [0.2, 0.25) is 0 Å². The number of rotatable bonds is 2. The van der Waals surface area contributed by atoms with Gasteiger partial charge in [0, 0.05) is 10.9 Å². The summed E-state index contributed by atoms with van der Waals surface area (Å²) in [7, 11) is 0. The molecule has 13 heavy (non-hydrogen) atoms. The lowest BCUT2D eigenvalue weighted by Gasteiger charge is -2.26. The summed E-state index contributed by atoms with van der Waals surface area (Å²) >= 11 is 3.47. The van der Waals surface area contributed by atoms with Crippen molar-refractivity contribution in [3.63, 3.8) is 0 Å². The van der Waals surface area contributed by atoms with Gasteiger partial charge in [-0.05, 0) is 25.7 Å². The Morgan fingerprint density at radius 1 is 1.85 bits per heavy atom. The Morgan fingerprint density at radius 3 is 3.23 bits per heavy atom. The molecule has 0 aromatic rings. The first-order valence-corrected chi connectivity index (χ1v) is 5.71. The molecule has 0 amide bonds. The molecule has 1 aliphatic heterocycles. The fraction of sp³-hybridized carbons (Fsp3) is 0.700. The molecule has 0 aromatic carbocycles. The Morgan fingerprint density at radius 2 is 2.62 bits per heavy atom. The summed E-state index contributed by atoms with van der Waals surface area (Å²) in [6.45, 7) is 2.12. The first-order valence-electron chi connectivity index (χ1n) is 4.58. The fourth-order valence-corrected chi connectivity index (χ4v) is 2.79. The lowest BCUT2D eigenvalue weighted by molar-refractivity contribution is -0.106. The number of carbonyl (C=O) groups is 1. The van der Waals surface area contributed by atoms with Crippen molar-refractivity contribution in [2.75, 3.05) is 5.33 Å². The SMILES string of the molecule is C[C@@]1(CBr)OC2CC1CC=C2C=O. The lowest BCUT2D eigenvalue weighted by Crippen LogP contribution is -2.33. The van der Waals surface area contributed by atoms with Crippen molar-refractivity contribution in [2.24, 2.45) is 5.92 Å². The topological polar surface area (TPSA) is 26.3 Å². The van der Waals surface area contributed by atoms with Crippen molar-refractivity contribution < 1.29 is 9.53 Å². The van der Waals surface area contributed by atoms with E-state index < -0.39 is 0 Å². The maximum atomic E-state index is 10.7. The first-order chi connectivity index (χ1) is 6.19. The number of fused-ring (bicyclic) bond motifs is 2. The zero-order valence-corrected chi connectivity index (χ0v) is 9.21. The minimum Gasteiger partial charge on any atom is -0.366 e. The predicted octanol–water partition coefficient (Wildman–Crippen LogP) is 2.07. The van der Waals surface area contributed by atoms with Crippen LogP contribution >= 0.6 is 15.9 Å². The molecule has 1 aliphatic carbocycles. The third-order valence-corrected chi connectivity index (χ3v) is 4.30. The van der Waals surface area contributed by atoms with Crippen LogP contribution in [0.3, 0.4) is 0 Å². The molecule has 1 fully saturated rings. The molecule has 0 spiro atoms. The quantitative estimate of drug-likeness (QED) is 0.550. The van der Waals surface area contributed by atoms with E-state index in [0.717, 1.165) is 30.0 Å². The van der Waals surface area contributed by atoms with E-state index in [1.807, 2.05) is 6.08 Å². The standard InChI is InChI=1S/C10H13BrO2/c1-10(6-11)8-3-2-7(5-12)9(4-8)13-10/h2,5,8-9H,3-4,6H2,1H3/t8?,9?,10-/m0/s1. The molecular formula is C10H13BrO2. The van der Waals surface area contributed by atoms with E-state index in [2.05, 4.69) is 22.9 Å². The number of alkyl halides is 1. The number of ether oxygens (including phenoxy) is 1. The van der Waals surface area contributed by atoms with Crippen LogP contribution in [0.2, 0.25) is 0 Å². The summed E-state index contributed by atoms with van der Waals surface area (Å²) in [5, 5.41) is 0.848. The average Bonchev–Trinajstić information content (AvgIpc) is 2.41. The van der Waals surface area contributed by atoms with Crippen LogP contribution in [0.25, 0.3) is 0 Å². The van der Waals surface area contributed by atoms with E-state index in [1.54, 1.807) is 0 Å². The van der Waals surface area contributed by atoms with Crippen LogP contribution in [0.15, 0.2) is 11.6 Å². The second-order valence-electron chi connectivity index (χ2n) is 4.04. The van der Waals surface area contributed by atoms with Gasteiger partial charge >= 0.3 is 0 Å². The van der Waals surface area contributed by atoms with Crippen molar-refractivity contribution in [3.8, 4) is 0 Å². The van der Waals surface area contributed by atoms with Gasteiger partial charge in [-0.15, -0.1) is 0 Å². The van der Waals surface area contributed by atoms with E-state index in [1.165, 1.54) is 0 Å². The smallest absolute Gasteiger partial charge is 0.148 e. The maximum Gasteiger partial charge on any atom is 0.148 e. The largest absolute Gasteiger partial charge is 0.366 e. The van der Waals surface area contributed by atoms with Crippen molar-refractivity contribution >= 4 is 22.2 Å². The fourth-order valence-electron chi connectivity index (χ4n) is 2.20. The summed E-state index contributed by atoms with van der Waals surface area (Å²) in [4.78, 5) is 10.7. The summed E-state index contributed by atoms with van der Waals surface area (Å²) in [6.07, 6.45) is 5.00. The third kappa shape index (κ3) is 1.38. The predicted molar refractivity (Wildman–Crippen MR) is 53.9 cm³/mol. The molecule has 2 nitrogen and oxygen atoms in total. The van der Waals surface area contributed by atoms with Gasteiger partial charge in [-0.1, -0.05) is 22.0 Å². The summed E-state index contributed by atoms with van der Waals surface area (Å²) in [5.41, 5.74) is 0.757. The number of aldehydes is 1. The van der Waals surface area contributed by atoms with Gasteiger partial charge in [0.15, 0.2) is 0 Å². The molecule has 2 unspecified atom stereocenters. The van der Waals surface area contributed by atoms with Crippen molar-refractivity contribution in [3.05, 3.63) is 11.6 Å². The number of hydrogen-bond acceptors (Lipinski definition) is 2. The second-order valence-corrected chi connectivity index (χ2v) is 4.60. The van der Waals surface area contributed by atoms with Crippen LogP contribution in [0, 0.1) is 5.92 Å². The van der Waals surface area contributed by atoms with Gasteiger partial charge in [0.05, 0.1) is 11.7 Å². The van der Waals surface area contributed by atoms with Crippen molar-refractivity contribution in [2.45, 2.75) is 31.5 Å². The Hall–Kier alpha value is -0.150. The highest BCUT2D eigenvalue weighted by Gasteiger charge is 2.46. The highest BCUT2D eigenvalue weighted by molar-refractivity contribution is 9.09. The molecule has 2 aliphatic rings. The summed E-state index contributed by atoms with van der Waals surface area (Å²) in [6, 6.07) is 0. The van der Waals surface area contributed by atoms with Crippen molar-refractivity contribution in [1.82, 2.24) is 0 Å². The highest BCUT2D eigenvalue weighted by atomic mass is 79.9. The second kappa shape index (κ2) is 3.21. The Kier molecular flexibility index (Phi) is 2.32. The van der Waals surface area contributed by atoms with Crippen molar-refractivity contribution in [1.29, 1.82) is 0 Å². The zero-order valence-electron chi connectivity index (χ0n) is 7.63. The Labute approximate surface area is 86.5 Å². The Balaban J connectivity index is 2.22. The molecule has 72 valence electrons. The van der Waals surface area contributed by atoms with E-state index in [4.69, 9.17) is 4.74 Å². The molecule has 0 radical (unpaired) electrons. The van der Waals surface area contributed by atoms with Gasteiger partial charge in [-0.2, -0.15) is 0 Å².